The van der Waals surface area contributed by atoms with E-state index in [9.17, 15) is 0 Å². The van der Waals surface area contributed by atoms with Crippen LogP contribution in [0.25, 0.3) is 0 Å². The molecule has 2 rings (SSSR count). The molecule has 1 fully saturated rings. The van der Waals surface area contributed by atoms with Crippen molar-refractivity contribution in [3.8, 4) is 0 Å². The molecule has 1 aromatic rings. The van der Waals surface area contributed by atoms with Gasteiger partial charge in [0.25, 0.3) is 0 Å². The van der Waals surface area contributed by atoms with Gasteiger partial charge in [0.05, 0.1) is 0 Å². The quantitative estimate of drug-likeness (QED) is 0.853. The van der Waals surface area contributed by atoms with Crippen LogP contribution in [0.15, 0.2) is 6.07 Å². The van der Waals surface area contributed by atoms with Crippen molar-refractivity contribution in [3.63, 3.8) is 0 Å². The number of nitrogens with one attached hydrogen (secondary N) is 1. The number of anilines is 1. The normalized spacial score (nSPS) is 15.1. The highest BCUT2D eigenvalue weighted by Crippen LogP contribution is 2.33. The highest BCUT2D eigenvalue weighted by atomic mass is 15.2. The van der Waals surface area contributed by atoms with Gasteiger partial charge in [0.1, 0.15) is 5.82 Å². The molecule has 0 aliphatic heterocycles. The van der Waals surface area contributed by atoms with Crippen LogP contribution in [0.2, 0.25) is 0 Å². The Labute approximate surface area is 117 Å². The fraction of sp³-hybridized carbons (Fsp3) is 0.688. The summed E-state index contributed by atoms with van der Waals surface area (Å²) in [5.41, 5.74) is 3.81. The fourth-order valence-electron chi connectivity index (χ4n) is 2.60. The maximum atomic E-state index is 4.84. The lowest BCUT2D eigenvalue weighted by molar-refractivity contribution is 0.628. The summed E-state index contributed by atoms with van der Waals surface area (Å²) in [6, 6.07) is 2.69. The van der Waals surface area contributed by atoms with Crippen LogP contribution in [-0.4, -0.2) is 24.6 Å². The van der Waals surface area contributed by atoms with Gasteiger partial charge in [-0.3, -0.25) is 0 Å². The SMILES string of the molecule is CNCc1c(C)cc(C)nc1N(CC1CC1)C(C)C. The van der Waals surface area contributed by atoms with Crippen LogP contribution >= 0.6 is 0 Å². The van der Waals surface area contributed by atoms with Crippen LogP contribution < -0.4 is 10.2 Å². The Hall–Kier alpha value is -1.09. The van der Waals surface area contributed by atoms with Gasteiger partial charge in [-0.25, -0.2) is 4.98 Å². The molecule has 1 aliphatic carbocycles. The van der Waals surface area contributed by atoms with E-state index >= 15 is 0 Å². The summed E-state index contributed by atoms with van der Waals surface area (Å²) >= 11 is 0. The van der Waals surface area contributed by atoms with Gasteiger partial charge < -0.3 is 10.2 Å². The van der Waals surface area contributed by atoms with E-state index in [1.807, 2.05) is 7.05 Å². The summed E-state index contributed by atoms with van der Waals surface area (Å²) in [6.07, 6.45) is 2.77. The van der Waals surface area contributed by atoms with Gasteiger partial charge in [0.15, 0.2) is 0 Å². The molecule has 0 saturated heterocycles. The van der Waals surface area contributed by atoms with Crippen molar-refractivity contribution >= 4 is 5.82 Å². The van der Waals surface area contributed by atoms with E-state index < -0.39 is 0 Å². The number of nitrogens with zero attached hydrogens (tertiary/aromatic N) is 2. The van der Waals surface area contributed by atoms with Gasteiger partial charge in [-0.15, -0.1) is 0 Å². The predicted octanol–water partition coefficient (Wildman–Crippen LogP) is 3.04. The minimum Gasteiger partial charge on any atom is -0.354 e. The lowest BCUT2D eigenvalue weighted by atomic mass is 10.1. The second-order valence-corrected chi connectivity index (χ2v) is 6.10. The first-order valence-corrected chi connectivity index (χ1v) is 7.41. The molecule has 0 bridgehead atoms. The van der Waals surface area contributed by atoms with Gasteiger partial charge in [0, 0.05) is 30.4 Å². The van der Waals surface area contributed by atoms with Crippen LogP contribution in [0.1, 0.15) is 43.5 Å². The van der Waals surface area contributed by atoms with E-state index in [4.69, 9.17) is 4.98 Å². The number of aryl methyl sites for hydroxylation is 2. The molecule has 0 radical (unpaired) electrons. The molecule has 1 aromatic heterocycles. The van der Waals surface area contributed by atoms with Crippen LogP contribution in [-0.2, 0) is 6.54 Å². The Morgan fingerprint density at radius 3 is 2.58 bits per heavy atom. The molecule has 106 valence electrons. The summed E-state index contributed by atoms with van der Waals surface area (Å²) in [7, 11) is 2.00. The van der Waals surface area contributed by atoms with Crippen LogP contribution in [0.5, 0.6) is 0 Å². The largest absolute Gasteiger partial charge is 0.354 e. The van der Waals surface area contributed by atoms with Crippen LogP contribution in [0.3, 0.4) is 0 Å². The fourth-order valence-corrected chi connectivity index (χ4v) is 2.60. The first-order valence-electron chi connectivity index (χ1n) is 7.41. The molecule has 0 spiro atoms. The van der Waals surface area contributed by atoms with Crippen molar-refractivity contribution < 1.29 is 0 Å². The number of aromatic nitrogens is 1. The van der Waals surface area contributed by atoms with E-state index in [2.05, 4.69) is 44.0 Å². The Morgan fingerprint density at radius 2 is 2.05 bits per heavy atom. The highest BCUT2D eigenvalue weighted by molar-refractivity contribution is 5.52. The first kappa shape index (κ1) is 14.3. The molecule has 3 nitrogen and oxygen atoms in total. The molecule has 0 atom stereocenters. The van der Waals surface area contributed by atoms with E-state index in [1.165, 1.54) is 29.8 Å². The maximum absolute atomic E-state index is 4.84. The van der Waals surface area contributed by atoms with Crippen LogP contribution in [0, 0.1) is 19.8 Å². The molecule has 0 amide bonds. The van der Waals surface area contributed by atoms with Crippen molar-refractivity contribution in [2.24, 2.45) is 5.92 Å². The van der Waals surface area contributed by atoms with Crippen LogP contribution in [0.4, 0.5) is 5.82 Å². The number of rotatable bonds is 6. The predicted molar refractivity (Wildman–Crippen MR) is 81.7 cm³/mol. The molecular formula is C16H27N3. The van der Waals surface area contributed by atoms with Crippen molar-refractivity contribution in [3.05, 3.63) is 22.9 Å². The van der Waals surface area contributed by atoms with Gasteiger partial charge in [0.2, 0.25) is 0 Å². The molecule has 1 heterocycles. The van der Waals surface area contributed by atoms with E-state index in [0.29, 0.717) is 6.04 Å². The standard InChI is InChI=1S/C16H27N3/c1-11(2)19(10-14-6-7-14)16-15(9-17-5)12(3)8-13(4)18-16/h8,11,14,17H,6-7,9-10H2,1-5H3. The van der Waals surface area contributed by atoms with Gasteiger partial charge >= 0.3 is 0 Å². The zero-order valence-corrected chi connectivity index (χ0v) is 13.0. The summed E-state index contributed by atoms with van der Waals surface area (Å²) in [5.74, 6) is 2.07. The molecule has 0 unspecified atom stereocenters. The minimum atomic E-state index is 0.505. The molecule has 1 N–H and O–H groups in total. The maximum Gasteiger partial charge on any atom is 0.133 e. The van der Waals surface area contributed by atoms with E-state index in [0.717, 1.165) is 24.7 Å². The highest BCUT2D eigenvalue weighted by Gasteiger charge is 2.27. The average molecular weight is 261 g/mol. The Kier molecular flexibility index (Phi) is 4.46. The monoisotopic (exact) mass is 261 g/mol. The lowest BCUT2D eigenvalue weighted by Gasteiger charge is -2.31. The Balaban J connectivity index is 2.37. The first-order chi connectivity index (χ1) is 9.02. The average Bonchev–Trinajstić information content (AvgIpc) is 3.13. The minimum absolute atomic E-state index is 0.505. The number of pyridine rings is 1. The molecule has 19 heavy (non-hydrogen) atoms. The summed E-state index contributed by atoms with van der Waals surface area (Å²) in [6.45, 7) is 10.9. The zero-order valence-electron chi connectivity index (χ0n) is 13.0. The summed E-state index contributed by atoms with van der Waals surface area (Å²) < 4.78 is 0. The van der Waals surface area contributed by atoms with Gasteiger partial charge in [-0.2, -0.15) is 0 Å². The van der Waals surface area contributed by atoms with Crippen molar-refractivity contribution in [1.29, 1.82) is 0 Å². The molecule has 1 saturated carbocycles. The Morgan fingerprint density at radius 1 is 1.37 bits per heavy atom. The third kappa shape index (κ3) is 3.47. The number of hydrogen-bond acceptors (Lipinski definition) is 3. The molecular weight excluding hydrogens is 234 g/mol. The topological polar surface area (TPSA) is 28.2 Å². The third-order valence-electron chi connectivity index (χ3n) is 3.85. The van der Waals surface area contributed by atoms with Crippen molar-refractivity contribution in [2.45, 2.75) is 53.1 Å². The van der Waals surface area contributed by atoms with Crippen molar-refractivity contribution in [1.82, 2.24) is 10.3 Å². The summed E-state index contributed by atoms with van der Waals surface area (Å²) in [5, 5.41) is 3.28. The zero-order chi connectivity index (χ0) is 14.0. The smallest absolute Gasteiger partial charge is 0.133 e. The second-order valence-electron chi connectivity index (χ2n) is 6.10. The third-order valence-corrected chi connectivity index (χ3v) is 3.85. The van der Waals surface area contributed by atoms with Gasteiger partial charge in [-0.1, -0.05) is 0 Å². The number of hydrogen-bond donors (Lipinski definition) is 1. The molecule has 0 aromatic carbocycles. The van der Waals surface area contributed by atoms with Crippen molar-refractivity contribution in [2.75, 3.05) is 18.5 Å². The lowest BCUT2D eigenvalue weighted by Crippen LogP contribution is -2.35. The van der Waals surface area contributed by atoms with E-state index in [1.54, 1.807) is 0 Å². The Bertz CT molecular complexity index is 436. The summed E-state index contributed by atoms with van der Waals surface area (Å²) in [4.78, 5) is 7.33. The molecule has 1 aliphatic rings. The second kappa shape index (κ2) is 5.91. The molecule has 3 heteroatoms. The van der Waals surface area contributed by atoms with E-state index in [-0.39, 0.29) is 0 Å². The van der Waals surface area contributed by atoms with Gasteiger partial charge in [-0.05, 0) is 65.1 Å².